The molecule has 21 heavy (non-hydrogen) atoms. The third kappa shape index (κ3) is 1.94. The molecule has 1 aromatic heterocycles. The molecule has 0 aromatic carbocycles. The molecule has 4 atom stereocenters. The summed E-state index contributed by atoms with van der Waals surface area (Å²) in [5.74, 6) is 0.730. The molecule has 5 heteroatoms. The van der Waals surface area contributed by atoms with Gasteiger partial charge in [0.25, 0.3) is 0 Å². The molecule has 0 spiro atoms. The molecule has 3 rings (SSSR count). The smallest absolute Gasteiger partial charge is 0.241 e. The zero-order valence-electron chi connectivity index (χ0n) is 12.9. The predicted octanol–water partition coefficient (Wildman–Crippen LogP) is 1.99. The standard InChI is InChI=1S/C16H24N2O3/c1-10(12-7-5-8-20-12)18-14(19)16(17)11-6-4-9-21-13(11)15(16,2)3/h5,7-8,10-11,13H,4,6,9,17H2,1-3H3,(H,18,19). The molecule has 2 fully saturated rings. The SMILES string of the molecule is CC(NC(=O)C1(N)C2CCCOC2C1(C)C)c1ccco1. The fourth-order valence-electron chi connectivity index (χ4n) is 3.96. The van der Waals surface area contributed by atoms with Gasteiger partial charge in [0.2, 0.25) is 5.91 Å². The van der Waals surface area contributed by atoms with Crippen molar-refractivity contribution in [2.24, 2.45) is 17.1 Å². The Balaban J connectivity index is 1.77. The van der Waals surface area contributed by atoms with E-state index in [2.05, 4.69) is 5.32 Å². The van der Waals surface area contributed by atoms with Gasteiger partial charge in [-0.3, -0.25) is 4.79 Å². The maximum absolute atomic E-state index is 12.8. The molecule has 1 aliphatic carbocycles. The van der Waals surface area contributed by atoms with E-state index in [9.17, 15) is 4.79 Å². The minimum absolute atomic E-state index is 0.0842. The number of rotatable bonds is 3. The Labute approximate surface area is 125 Å². The van der Waals surface area contributed by atoms with E-state index < -0.39 is 5.54 Å². The molecule has 116 valence electrons. The van der Waals surface area contributed by atoms with Crippen LogP contribution < -0.4 is 11.1 Å². The summed E-state index contributed by atoms with van der Waals surface area (Å²) in [5, 5.41) is 3.00. The lowest BCUT2D eigenvalue weighted by Gasteiger charge is -2.65. The number of hydrogen-bond acceptors (Lipinski definition) is 4. The topological polar surface area (TPSA) is 77.5 Å². The second kappa shape index (κ2) is 4.85. The molecule has 5 nitrogen and oxygen atoms in total. The second-order valence-electron chi connectivity index (χ2n) is 6.84. The number of fused-ring (bicyclic) bond motifs is 1. The Morgan fingerprint density at radius 2 is 2.29 bits per heavy atom. The van der Waals surface area contributed by atoms with Crippen molar-refractivity contribution < 1.29 is 13.9 Å². The van der Waals surface area contributed by atoms with E-state index in [1.54, 1.807) is 6.26 Å². The van der Waals surface area contributed by atoms with Crippen LogP contribution in [0.3, 0.4) is 0 Å². The van der Waals surface area contributed by atoms with Gasteiger partial charge in [-0.05, 0) is 31.9 Å². The Kier molecular flexibility index (Phi) is 3.37. The molecule has 3 N–H and O–H groups in total. The molecule has 4 unspecified atom stereocenters. The van der Waals surface area contributed by atoms with E-state index in [0.29, 0.717) is 0 Å². The van der Waals surface area contributed by atoms with E-state index in [4.69, 9.17) is 14.9 Å². The van der Waals surface area contributed by atoms with Crippen molar-refractivity contribution in [1.29, 1.82) is 0 Å². The maximum Gasteiger partial charge on any atom is 0.241 e. The highest BCUT2D eigenvalue weighted by atomic mass is 16.5. The summed E-state index contributed by atoms with van der Waals surface area (Å²) in [5.41, 5.74) is 5.33. The minimum Gasteiger partial charge on any atom is -0.467 e. The lowest BCUT2D eigenvalue weighted by atomic mass is 9.46. The molecule has 1 aromatic rings. The molecule has 2 aliphatic rings. The van der Waals surface area contributed by atoms with Gasteiger partial charge in [-0.15, -0.1) is 0 Å². The van der Waals surface area contributed by atoms with Crippen LogP contribution in [0.15, 0.2) is 22.8 Å². The van der Waals surface area contributed by atoms with Crippen LogP contribution in [0.1, 0.15) is 45.4 Å². The van der Waals surface area contributed by atoms with Gasteiger partial charge in [0.15, 0.2) is 0 Å². The fourth-order valence-corrected chi connectivity index (χ4v) is 3.96. The Bertz CT molecular complexity index is 526. The number of amides is 1. The van der Waals surface area contributed by atoms with E-state index in [0.717, 1.165) is 25.2 Å². The summed E-state index contributed by atoms with van der Waals surface area (Å²) < 4.78 is 11.2. The van der Waals surface area contributed by atoms with Crippen LogP contribution in [-0.2, 0) is 9.53 Å². The van der Waals surface area contributed by atoms with Crippen molar-refractivity contribution in [2.45, 2.75) is 51.3 Å². The lowest BCUT2D eigenvalue weighted by molar-refractivity contribution is -0.225. The van der Waals surface area contributed by atoms with Gasteiger partial charge < -0.3 is 20.2 Å². The monoisotopic (exact) mass is 292 g/mol. The number of carbonyl (C=O) groups is 1. The zero-order chi connectivity index (χ0) is 15.3. The largest absolute Gasteiger partial charge is 0.467 e. The average molecular weight is 292 g/mol. The van der Waals surface area contributed by atoms with Gasteiger partial charge in [-0.1, -0.05) is 13.8 Å². The zero-order valence-corrected chi connectivity index (χ0v) is 12.9. The van der Waals surface area contributed by atoms with Crippen LogP contribution in [0.5, 0.6) is 0 Å². The van der Waals surface area contributed by atoms with E-state index in [-0.39, 0.29) is 29.4 Å². The van der Waals surface area contributed by atoms with Gasteiger partial charge in [0, 0.05) is 17.9 Å². The summed E-state index contributed by atoms with van der Waals surface area (Å²) in [6.45, 7) is 6.72. The highest BCUT2D eigenvalue weighted by molar-refractivity contribution is 5.89. The Morgan fingerprint density at radius 3 is 2.95 bits per heavy atom. The minimum atomic E-state index is -0.876. The predicted molar refractivity (Wildman–Crippen MR) is 78.4 cm³/mol. The van der Waals surface area contributed by atoms with Crippen molar-refractivity contribution in [2.75, 3.05) is 6.61 Å². The lowest BCUT2D eigenvalue weighted by Crippen LogP contribution is -2.82. The summed E-state index contributed by atoms with van der Waals surface area (Å²) in [6.07, 6.45) is 3.61. The molecule has 2 heterocycles. The van der Waals surface area contributed by atoms with Crippen molar-refractivity contribution >= 4 is 5.91 Å². The first kappa shape index (κ1) is 14.6. The first-order valence-corrected chi connectivity index (χ1v) is 7.64. The van der Waals surface area contributed by atoms with Gasteiger partial charge in [-0.25, -0.2) is 0 Å². The number of furan rings is 1. The normalized spacial score (nSPS) is 35.4. The van der Waals surface area contributed by atoms with Crippen molar-refractivity contribution in [3.8, 4) is 0 Å². The second-order valence-corrected chi connectivity index (χ2v) is 6.84. The Morgan fingerprint density at radius 1 is 1.52 bits per heavy atom. The highest BCUT2D eigenvalue weighted by Gasteiger charge is 2.70. The number of nitrogens with one attached hydrogen (secondary N) is 1. The maximum atomic E-state index is 12.8. The van der Waals surface area contributed by atoms with E-state index in [1.165, 1.54) is 0 Å². The first-order chi connectivity index (χ1) is 9.89. The van der Waals surface area contributed by atoms with Gasteiger partial charge in [0.1, 0.15) is 11.3 Å². The van der Waals surface area contributed by atoms with Crippen LogP contribution >= 0.6 is 0 Å². The van der Waals surface area contributed by atoms with Crippen LogP contribution in [-0.4, -0.2) is 24.2 Å². The summed E-state index contributed by atoms with van der Waals surface area (Å²) in [4.78, 5) is 12.8. The van der Waals surface area contributed by atoms with Crippen LogP contribution in [0.4, 0.5) is 0 Å². The fraction of sp³-hybridized carbons (Fsp3) is 0.688. The summed E-state index contributed by atoms with van der Waals surface area (Å²) in [7, 11) is 0. The summed E-state index contributed by atoms with van der Waals surface area (Å²) in [6, 6.07) is 3.48. The quantitative estimate of drug-likeness (QED) is 0.893. The van der Waals surface area contributed by atoms with Crippen LogP contribution in [0.25, 0.3) is 0 Å². The molecular formula is C16H24N2O3. The van der Waals surface area contributed by atoms with Crippen molar-refractivity contribution in [3.05, 3.63) is 24.2 Å². The summed E-state index contributed by atoms with van der Waals surface area (Å²) >= 11 is 0. The molecule has 1 amide bonds. The molecule has 1 saturated carbocycles. The molecular weight excluding hydrogens is 268 g/mol. The number of ether oxygens (including phenoxy) is 1. The van der Waals surface area contributed by atoms with Crippen LogP contribution in [0.2, 0.25) is 0 Å². The molecule has 0 bridgehead atoms. The third-order valence-electron chi connectivity index (χ3n) is 5.38. The number of hydrogen-bond donors (Lipinski definition) is 2. The van der Waals surface area contributed by atoms with Crippen LogP contribution in [0, 0.1) is 11.3 Å². The van der Waals surface area contributed by atoms with Gasteiger partial charge >= 0.3 is 0 Å². The van der Waals surface area contributed by atoms with Crippen molar-refractivity contribution in [1.82, 2.24) is 5.32 Å². The molecule has 1 saturated heterocycles. The van der Waals surface area contributed by atoms with Gasteiger partial charge in [-0.2, -0.15) is 0 Å². The van der Waals surface area contributed by atoms with Crippen molar-refractivity contribution in [3.63, 3.8) is 0 Å². The van der Waals surface area contributed by atoms with Gasteiger partial charge in [0.05, 0.1) is 18.4 Å². The molecule has 1 aliphatic heterocycles. The number of carbonyl (C=O) groups excluding carboxylic acids is 1. The number of nitrogens with two attached hydrogens (primary N) is 1. The third-order valence-corrected chi connectivity index (χ3v) is 5.38. The molecule has 0 radical (unpaired) electrons. The highest BCUT2D eigenvalue weighted by Crippen LogP contribution is 2.57. The Hall–Kier alpha value is -1.33. The first-order valence-electron chi connectivity index (χ1n) is 7.64. The van der Waals surface area contributed by atoms with E-state index >= 15 is 0 Å². The van der Waals surface area contributed by atoms with E-state index in [1.807, 2.05) is 32.9 Å². The average Bonchev–Trinajstić information content (AvgIpc) is 3.00.